The predicted molar refractivity (Wildman–Crippen MR) is 73.4 cm³/mol. The fourth-order valence-electron chi connectivity index (χ4n) is 2.08. The molecule has 1 aromatic rings. The van der Waals surface area contributed by atoms with Gasteiger partial charge in [-0.05, 0) is 30.7 Å². The lowest BCUT2D eigenvalue weighted by atomic mass is 9.97. The molecule has 0 spiro atoms. The van der Waals surface area contributed by atoms with Gasteiger partial charge in [0.15, 0.2) is 0 Å². The van der Waals surface area contributed by atoms with E-state index in [0.29, 0.717) is 18.6 Å². The molecule has 1 heterocycles. The van der Waals surface area contributed by atoms with Crippen LogP contribution in [0.2, 0.25) is 0 Å². The molecule has 1 aliphatic rings. The molecule has 108 valence electrons. The first-order valence-corrected chi connectivity index (χ1v) is 6.55. The zero-order valence-electron chi connectivity index (χ0n) is 11.3. The van der Waals surface area contributed by atoms with Gasteiger partial charge in [0.25, 0.3) is 0 Å². The van der Waals surface area contributed by atoms with Crippen molar-refractivity contribution >= 4 is 12.0 Å². The fourth-order valence-corrected chi connectivity index (χ4v) is 2.08. The molecule has 4 nitrogen and oxygen atoms in total. The van der Waals surface area contributed by atoms with Crippen LogP contribution in [0.1, 0.15) is 18.9 Å². The third-order valence-corrected chi connectivity index (χ3v) is 3.50. The number of rotatable bonds is 4. The maximum Gasteiger partial charge on any atom is 0.244 e. The molecular weight excluding hydrogens is 261 g/mol. The van der Waals surface area contributed by atoms with E-state index in [4.69, 9.17) is 4.74 Å². The van der Waals surface area contributed by atoms with E-state index >= 15 is 0 Å². The molecule has 1 aromatic carbocycles. The Kier molecular flexibility index (Phi) is 4.52. The Balaban J connectivity index is 1.87. The summed E-state index contributed by atoms with van der Waals surface area (Å²) in [5.74, 6) is -0.680. The second kappa shape index (κ2) is 6.15. The minimum atomic E-state index is -1.01. The van der Waals surface area contributed by atoms with E-state index in [1.54, 1.807) is 19.1 Å². The van der Waals surface area contributed by atoms with E-state index in [0.717, 1.165) is 0 Å². The number of benzene rings is 1. The monoisotopic (exact) mass is 279 g/mol. The van der Waals surface area contributed by atoms with E-state index in [2.05, 4.69) is 5.32 Å². The molecule has 1 aliphatic heterocycles. The average Bonchev–Trinajstić information content (AvgIpc) is 2.75. The summed E-state index contributed by atoms with van der Waals surface area (Å²) in [5.41, 5.74) is -0.404. The van der Waals surface area contributed by atoms with E-state index in [1.807, 2.05) is 0 Å². The number of aliphatic hydroxyl groups is 1. The highest BCUT2D eigenvalue weighted by molar-refractivity contribution is 5.91. The minimum Gasteiger partial charge on any atom is -0.385 e. The molecule has 1 fully saturated rings. The van der Waals surface area contributed by atoms with Crippen LogP contribution < -0.4 is 5.32 Å². The van der Waals surface area contributed by atoms with E-state index in [-0.39, 0.29) is 24.4 Å². The number of ether oxygens (including phenoxy) is 1. The second-order valence-electron chi connectivity index (χ2n) is 4.97. The standard InChI is InChI=1S/C15H18FNO3/c1-11-15(19,7-8-20-11)10-17-14(18)6-5-12-3-2-4-13(16)9-12/h2-6,9,11,19H,7-8,10H2,1H3,(H,17,18)/b6-5+. The van der Waals surface area contributed by atoms with Gasteiger partial charge in [0.1, 0.15) is 11.4 Å². The zero-order valence-corrected chi connectivity index (χ0v) is 11.3. The number of carbonyl (C=O) groups excluding carboxylic acids is 1. The Hall–Kier alpha value is -1.72. The maximum atomic E-state index is 13.0. The number of hydrogen-bond acceptors (Lipinski definition) is 3. The molecule has 2 unspecified atom stereocenters. The number of hydrogen-bond donors (Lipinski definition) is 2. The van der Waals surface area contributed by atoms with Gasteiger partial charge in [-0.2, -0.15) is 0 Å². The van der Waals surface area contributed by atoms with Crippen molar-refractivity contribution in [2.24, 2.45) is 0 Å². The van der Waals surface area contributed by atoms with Crippen molar-refractivity contribution in [1.29, 1.82) is 0 Å². The zero-order chi connectivity index (χ0) is 14.6. The highest BCUT2D eigenvalue weighted by Crippen LogP contribution is 2.24. The number of nitrogens with one attached hydrogen (secondary N) is 1. The first kappa shape index (κ1) is 14.7. The second-order valence-corrected chi connectivity index (χ2v) is 4.97. The van der Waals surface area contributed by atoms with Gasteiger partial charge in [-0.3, -0.25) is 4.79 Å². The molecule has 1 amide bonds. The summed E-state index contributed by atoms with van der Waals surface area (Å²) in [6.07, 6.45) is 3.05. The minimum absolute atomic E-state index is 0.139. The highest BCUT2D eigenvalue weighted by Gasteiger charge is 2.39. The van der Waals surface area contributed by atoms with Gasteiger partial charge < -0.3 is 15.2 Å². The fraction of sp³-hybridized carbons (Fsp3) is 0.400. The van der Waals surface area contributed by atoms with Crippen molar-refractivity contribution in [2.75, 3.05) is 13.2 Å². The van der Waals surface area contributed by atoms with Crippen LogP contribution in [-0.2, 0) is 9.53 Å². The summed E-state index contributed by atoms with van der Waals surface area (Å²) in [4.78, 5) is 11.7. The summed E-state index contributed by atoms with van der Waals surface area (Å²) in [7, 11) is 0. The molecule has 0 aliphatic carbocycles. The number of halogens is 1. The lowest BCUT2D eigenvalue weighted by Gasteiger charge is -2.25. The Bertz CT molecular complexity index is 518. The molecule has 0 bridgehead atoms. The van der Waals surface area contributed by atoms with Crippen molar-refractivity contribution in [2.45, 2.75) is 25.0 Å². The first-order valence-electron chi connectivity index (χ1n) is 6.55. The van der Waals surface area contributed by atoms with Crippen molar-refractivity contribution in [3.05, 3.63) is 41.7 Å². The van der Waals surface area contributed by atoms with E-state index < -0.39 is 5.60 Å². The van der Waals surface area contributed by atoms with Crippen molar-refractivity contribution in [1.82, 2.24) is 5.32 Å². The Labute approximate surface area is 117 Å². The molecule has 2 atom stereocenters. The third-order valence-electron chi connectivity index (χ3n) is 3.50. The third kappa shape index (κ3) is 3.65. The van der Waals surface area contributed by atoms with Gasteiger partial charge in [-0.1, -0.05) is 12.1 Å². The molecule has 2 N–H and O–H groups in total. The van der Waals surface area contributed by atoms with Crippen LogP contribution >= 0.6 is 0 Å². The van der Waals surface area contributed by atoms with Gasteiger partial charge in [-0.25, -0.2) is 4.39 Å². The lowest BCUT2D eigenvalue weighted by Crippen LogP contribution is -2.47. The van der Waals surface area contributed by atoms with Crippen LogP contribution in [0.3, 0.4) is 0 Å². The van der Waals surface area contributed by atoms with Crippen LogP contribution in [0.25, 0.3) is 6.08 Å². The van der Waals surface area contributed by atoms with E-state index in [1.165, 1.54) is 24.3 Å². The molecule has 0 radical (unpaired) electrons. The van der Waals surface area contributed by atoms with Crippen LogP contribution in [0, 0.1) is 5.82 Å². The summed E-state index contributed by atoms with van der Waals surface area (Å²) in [6, 6.07) is 5.96. The lowest BCUT2D eigenvalue weighted by molar-refractivity contribution is -0.118. The van der Waals surface area contributed by atoms with Crippen molar-refractivity contribution in [3.8, 4) is 0 Å². The molecule has 5 heteroatoms. The van der Waals surface area contributed by atoms with Gasteiger partial charge in [0, 0.05) is 25.6 Å². The summed E-state index contributed by atoms with van der Waals surface area (Å²) in [6.45, 7) is 2.41. The average molecular weight is 279 g/mol. The summed E-state index contributed by atoms with van der Waals surface area (Å²) in [5, 5.41) is 12.8. The Morgan fingerprint density at radius 3 is 3.10 bits per heavy atom. The smallest absolute Gasteiger partial charge is 0.244 e. The van der Waals surface area contributed by atoms with Crippen LogP contribution in [0.4, 0.5) is 4.39 Å². The van der Waals surface area contributed by atoms with Gasteiger partial charge >= 0.3 is 0 Å². The SMILES string of the molecule is CC1OCCC1(O)CNC(=O)/C=C/c1cccc(F)c1. The van der Waals surface area contributed by atoms with Crippen LogP contribution in [0.15, 0.2) is 30.3 Å². The molecule has 0 aromatic heterocycles. The quantitative estimate of drug-likeness (QED) is 0.821. The molecular formula is C15H18FNO3. The highest BCUT2D eigenvalue weighted by atomic mass is 19.1. The van der Waals surface area contributed by atoms with E-state index in [9.17, 15) is 14.3 Å². The summed E-state index contributed by atoms with van der Waals surface area (Å²) >= 11 is 0. The van der Waals surface area contributed by atoms with Crippen molar-refractivity contribution < 1.29 is 19.0 Å². The maximum absolute atomic E-state index is 13.0. The predicted octanol–water partition coefficient (Wildman–Crippen LogP) is 1.49. The van der Waals surface area contributed by atoms with Crippen LogP contribution in [-0.4, -0.2) is 35.9 Å². The first-order chi connectivity index (χ1) is 9.49. The molecule has 2 rings (SSSR count). The van der Waals surface area contributed by atoms with Gasteiger partial charge in [-0.15, -0.1) is 0 Å². The summed E-state index contributed by atoms with van der Waals surface area (Å²) < 4.78 is 18.2. The molecule has 1 saturated heterocycles. The van der Waals surface area contributed by atoms with Gasteiger partial charge in [0.05, 0.1) is 6.10 Å². The van der Waals surface area contributed by atoms with Crippen molar-refractivity contribution in [3.63, 3.8) is 0 Å². The topological polar surface area (TPSA) is 58.6 Å². The van der Waals surface area contributed by atoms with Crippen LogP contribution in [0.5, 0.6) is 0 Å². The van der Waals surface area contributed by atoms with Gasteiger partial charge in [0.2, 0.25) is 5.91 Å². The molecule has 20 heavy (non-hydrogen) atoms. The normalized spacial score (nSPS) is 26.1. The Morgan fingerprint density at radius 1 is 1.65 bits per heavy atom. The Morgan fingerprint density at radius 2 is 2.45 bits per heavy atom. The number of amides is 1. The largest absolute Gasteiger partial charge is 0.385 e. The number of carbonyl (C=O) groups is 1. The molecule has 0 saturated carbocycles.